The van der Waals surface area contributed by atoms with E-state index < -0.39 is 0 Å². The van der Waals surface area contributed by atoms with Crippen LogP contribution in [0.3, 0.4) is 0 Å². The quantitative estimate of drug-likeness (QED) is 0.185. The number of anilines is 3. The lowest BCUT2D eigenvalue weighted by molar-refractivity contribution is -0.235. The first-order valence-corrected chi connectivity index (χ1v) is 20.3. The monoisotopic (exact) mass is 683 g/mol. The Kier molecular flexibility index (Phi) is 5.53. The van der Waals surface area contributed by atoms with Crippen LogP contribution in [0.1, 0.15) is 88.5 Å². The maximum absolute atomic E-state index is 6.35. The first-order chi connectivity index (χ1) is 24.7. The Labute approximate surface area is 305 Å². The molecule has 6 unspecified atom stereocenters. The second-order valence-electron chi connectivity index (χ2n) is 18.4. The van der Waals surface area contributed by atoms with E-state index in [2.05, 4.69) is 136 Å². The SMILES string of the molecule is CC1(C)CCC(C)(C)c2c(N(c3ccc4c(c3)Sc3ccccc3C43C4CC5CC6CC3C64C5)c3ccc4oc5ccccc5c4c3)cccc21. The summed E-state index contributed by atoms with van der Waals surface area (Å²) in [6, 6.07) is 39.6. The minimum atomic E-state index is 0.0564. The first-order valence-electron chi connectivity index (χ1n) is 19.5. The Bertz CT molecular complexity index is 2490. The van der Waals surface area contributed by atoms with Gasteiger partial charge in [-0.2, -0.15) is 0 Å². The highest BCUT2D eigenvalue weighted by Gasteiger charge is 2.84. The molecule has 3 heteroatoms. The van der Waals surface area contributed by atoms with Crippen molar-refractivity contribution < 1.29 is 4.42 Å². The largest absolute Gasteiger partial charge is 0.456 e. The van der Waals surface area contributed by atoms with E-state index in [0.717, 1.165) is 34.8 Å². The molecule has 4 saturated carbocycles. The highest BCUT2D eigenvalue weighted by atomic mass is 32.2. The number of hydrogen-bond acceptors (Lipinski definition) is 3. The molecule has 0 amide bonds. The van der Waals surface area contributed by atoms with Gasteiger partial charge in [0, 0.05) is 37.4 Å². The molecule has 1 aromatic heterocycles. The average Bonchev–Trinajstić information content (AvgIpc) is 3.79. The van der Waals surface area contributed by atoms with Crippen molar-refractivity contribution in [3.05, 3.63) is 125 Å². The summed E-state index contributed by atoms with van der Waals surface area (Å²) in [5.74, 6) is 3.55. The van der Waals surface area contributed by atoms with Gasteiger partial charge in [-0.25, -0.2) is 0 Å². The van der Waals surface area contributed by atoms with Gasteiger partial charge in [-0.05, 0) is 149 Å². The molecule has 0 saturated heterocycles. The number of furan rings is 1. The van der Waals surface area contributed by atoms with Crippen molar-refractivity contribution in [2.75, 3.05) is 4.90 Å². The molecule has 5 aliphatic carbocycles. The Hall–Kier alpha value is -3.95. The Morgan fingerprint density at radius 2 is 1.35 bits per heavy atom. The van der Waals surface area contributed by atoms with Gasteiger partial charge in [0.1, 0.15) is 11.2 Å². The summed E-state index contributed by atoms with van der Waals surface area (Å²) in [6.07, 6.45) is 8.24. The van der Waals surface area contributed by atoms with Crippen LogP contribution in [0, 0.1) is 29.1 Å². The van der Waals surface area contributed by atoms with Gasteiger partial charge in [-0.15, -0.1) is 0 Å². The molecule has 254 valence electrons. The first kappa shape index (κ1) is 29.6. The third-order valence-corrected chi connectivity index (χ3v) is 16.5. The van der Waals surface area contributed by atoms with Crippen molar-refractivity contribution in [1.29, 1.82) is 0 Å². The molecule has 2 bridgehead atoms. The zero-order valence-corrected chi connectivity index (χ0v) is 30.9. The van der Waals surface area contributed by atoms with Crippen molar-refractivity contribution in [2.24, 2.45) is 29.1 Å². The maximum Gasteiger partial charge on any atom is 0.135 e. The van der Waals surface area contributed by atoms with Gasteiger partial charge in [0.2, 0.25) is 0 Å². The van der Waals surface area contributed by atoms with E-state index in [-0.39, 0.29) is 16.2 Å². The van der Waals surface area contributed by atoms with E-state index in [1.165, 1.54) is 87.3 Å². The minimum absolute atomic E-state index is 0.0564. The summed E-state index contributed by atoms with van der Waals surface area (Å²) in [5, 5.41) is 2.35. The van der Waals surface area contributed by atoms with Crippen molar-refractivity contribution in [3.8, 4) is 0 Å². The van der Waals surface area contributed by atoms with Gasteiger partial charge in [0.25, 0.3) is 0 Å². The Morgan fingerprint density at radius 1 is 0.627 bits per heavy atom. The second-order valence-corrected chi connectivity index (χ2v) is 19.5. The van der Waals surface area contributed by atoms with Crippen LogP contribution < -0.4 is 4.90 Å². The number of rotatable bonds is 3. The molecule has 2 nitrogen and oxygen atoms in total. The summed E-state index contributed by atoms with van der Waals surface area (Å²) in [4.78, 5) is 5.55. The minimum Gasteiger partial charge on any atom is -0.456 e. The van der Waals surface area contributed by atoms with Gasteiger partial charge in [0.05, 0.1) is 5.69 Å². The van der Waals surface area contributed by atoms with E-state index in [1.807, 2.05) is 11.8 Å². The van der Waals surface area contributed by atoms with Gasteiger partial charge in [-0.3, -0.25) is 0 Å². The predicted octanol–water partition coefficient (Wildman–Crippen LogP) is 13.2. The van der Waals surface area contributed by atoms with Crippen molar-refractivity contribution in [2.45, 2.75) is 92.3 Å². The van der Waals surface area contributed by atoms with Crippen LogP contribution in [-0.4, -0.2) is 0 Å². The third kappa shape index (κ3) is 3.49. The smallest absolute Gasteiger partial charge is 0.135 e. The lowest BCUT2D eigenvalue weighted by Gasteiger charge is -2.78. The van der Waals surface area contributed by atoms with Crippen LogP contribution in [0.2, 0.25) is 0 Å². The molecule has 2 heterocycles. The van der Waals surface area contributed by atoms with Crippen LogP contribution in [-0.2, 0) is 16.2 Å². The predicted molar refractivity (Wildman–Crippen MR) is 210 cm³/mol. The number of para-hydroxylation sites is 1. The van der Waals surface area contributed by atoms with Crippen LogP contribution in [0.25, 0.3) is 21.9 Å². The standard InChI is InChI=1S/C48H45NOS/c1-45(2)20-21-46(3,4)44-36(45)12-9-13-37(44)49(30-17-19-39-33(25-30)32-10-5-7-14-38(32)50-39)31-16-18-35-41(26-31)51-40-15-8-6-11-34(40)48(35)42-23-28-22-29-24-43(48)47(29,42)27-28/h5-19,25-26,28-29,42-43H,20-24,27H2,1-4H3. The molecule has 6 aromatic rings. The molecule has 1 aliphatic heterocycles. The average molecular weight is 684 g/mol. The molecule has 2 spiro atoms. The van der Waals surface area contributed by atoms with Gasteiger partial charge in [-0.1, -0.05) is 94.1 Å². The molecule has 0 radical (unpaired) electrons. The van der Waals surface area contributed by atoms with Crippen molar-refractivity contribution >= 4 is 50.8 Å². The van der Waals surface area contributed by atoms with E-state index >= 15 is 0 Å². The van der Waals surface area contributed by atoms with E-state index in [9.17, 15) is 0 Å². The van der Waals surface area contributed by atoms with E-state index in [4.69, 9.17) is 4.42 Å². The molecule has 5 aromatic carbocycles. The number of hydrogen-bond donors (Lipinski definition) is 0. The molecule has 0 N–H and O–H groups in total. The number of fused-ring (bicyclic) bond motifs is 11. The Morgan fingerprint density at radius 3 is 2.25 bits per heavy atom. The van der Waals surface area contributed by atoms with Crippen LogP contribution in [0.15, 0.2) is 117 Å². The van der Waals surface area contributed by atoms with Crippen molar-refractivity contribution in [1.82, 2.24) is 0 Å². The lowest BCUT2D eigenvalue weighted by Crippen LogP contribution is -2.74. The lowest BCUT2D eigenvalue weighted by atomic mass is 9.26. The fourth-order valence-electron chi connectivity index (χ4n) is 13.4. The van der Waals surface area contributed by atoms with Crippen LogP contribution in [0.5, 0.6) is 0 Å². The highest BCUT2D eigenvalue weighted by molar-refractivity contribution is 7.99. The molecule has 6 aliphatic rings. The molecule has 4 fully saturated rings. The zero-order valence-electron chi connectivity index (χ0n) is 30.1. The fourth-order valence-corrected chi connectivity index (χ4v) is 14.6. The summed E-state index contributed by atoms with van der Waals surface area (Å²) in [6.45, 7) is 9.81. The fraction of sp³-hybridized carbons (Fsp3) is 0.375. The zero-order chi connectivity index (χ0) is 34.1. The topological polar surface area (TPSA) is 16.4 Å². The van der Waals surface area contributed by atoms with E-state index in [1.54, 1.807) is 11.1 Å². The Balaban J connectivity index is 1.09. The van der Waals surface area contributed by atoms with Gasteiger partial charge < -0.3 is 9.32 Å². The summed E-state index contributed by atoms with van der Waals surface area (Å²) in [7, 11) is 0. The van der Waals surface area contributed by atoms with Crippen LogP contribution >= 0.6 is 11.8 Å². The summed E-state index contributed by atoms with van der Waals surface area (Å²) >= 11 is 2.02. The maximum atomic E-state index is 6.35. The highest BCUT2D eigenvalue weighted by Crippen LogP contribution is 2.89. The van der Waals surface area contributed by atoms with Crippen molar-refractivity contribution in [3.63, 3.8) is 0 Å². The number of nitrogens with zero attached hydrogens (tertiary/aromatic N) is 1. The van der Waals surface area contributed by atoms with Crippen LogP contribution in [0.4, 0.5) is 17.1 Å². The van der Waals surface area contributed by atoms with E-state index in [0.29, 0.717) is 5.41 Å². The third-order valence-electron chi connectivity index (χ3n) is 15.4. The molecular formula is C48H45NOS. The normalized spacial score (nSPS) is 31.1. The van der Waals surface area contributed by atoms with Gasteiger partial charge in [0.15, 0.2) is 0 Å². The summed E-state index contributed by atoms with van der Waals surface area (Å²) < 4.78 is 6.35. The molecule has 6 atom stereocenters. The second kappa shape index (κ2) is 9.53. The number of benzene rings is 5. The molecular weight excluding hydrogens is 639 g/mol. The summed E-state index contributed by atoms with van der Waals surface area (Å²) in [5.41, 5.74) is 12.9. The molecule has 12 rings (SSSR count). The molecule has 51 heavy (non-hydrogen) atoms. The van der Waals surface area contributed by atoms with Gasteiger partial charge >= 0.3 is 0 Å².